The van der Waals surface area contributed by atoms with E-state index in [-0.39, 0.29) is 5.91 Å². The molecule has 0 saturated heterocycles. The van der Waals surface area contributed by atoms with Crippen molar-refractivity contribution in [1.82, 2.24) is 9.88 Å². The van der Waals surface area contributed by atoms with E-state index in [0.29, 0.717) is 23.5 Å². The first-order valence-electron chi connectivity index (χ1n) is 7.02. The summed E-state index contributed by atoms with van der Waals surface area (Å²) in [6.45, 7) is 3.95. The minimum atomic E-state index is -0.971. The maximum Gasteiger partial charge on any atom is 0.326 e. The van der Waals surface area contributed by atoms with Gasteiger partial charge in [0.15, 0.2) is 0 Å². The van der Waals surface area contributed by atoms with E-state index in [0.717, 1.165) is 16.1 Å². The summed E-state index contributed by atoms with van der Waals surface area (Å²) >= 11 is 1.32. The SMILES string of the molecule is Cc1nc(C)c(C(=O)N2Cc3ccccc3C[C@@H]2C(=O)O)s1. The number of aromatic nitrogens is 1. The number of rotatable bonds is 2. The quantitative estimate of drug-likeness (QED) is 0.923. The molecule has 0 radical (unpaired) electrons. The number of fused-ring (bicyclic) bond motifs is 1. The van der Waals surface area contributed by atoms with E-state index >= 15 is 0 Å². The predicted molar refractivity (Wildman–Crippen MR) is 83.0 cm³/mol. The van der Waals surface area contributed by atoms with Gasteiger partial charge >= 0.3 is 5.97 Å². The van der Waals surface area contributed by atoms with E-state index < -0.39 is 12.0 Å². The second kappa shape index (κ2) is 5.53. The van der Waals surface area contributed by atoms with Gasteiger partial charge in [-0.25, -0.2) is 9.78 Å². The lowest BCUT2D eigenvalue weighted by molar-refractivity contribution is -0.142. The van der Waals surface area contributed by atoms with Gasteiger partial charge in [-0.1, -0.05) is 24.3 Å². The van der Waals surface area contributed by atoms with Gasteiger partial charge in [-0.15, -0.1) is 11.3 Å². The Hall–Kier alpha value is -2.21. The summed E-state index contributed by atoms with van der Waals surface area (Å²) in [6, 6.07) is 6.84. The maximum atomic E-state index is 12.8. The van der Waals surface area contributed by atoms with Gasteiger partial charge in [0, 0.05) is 13.0 Å². The zero-order chi connectivity index (χ0) is 15.9. The second-order valence-electron chi connectivity index (χ2n) is 5.41. The highest BCUT2D eigenvalue weighted by Crippen LogP contribution is 2.27. The van der Waals surface area contributed by atoms with Gasteiger partial charge in [-0.2, -0.15) is 0 Å². The summed E-state index contributed by atoms with van der Waals surface area (Å²) in [7, 11) is 0. The summed E-state index contributed by atoms with van der Waals surface area (Å²) in [5, 5.41) is 10.3. The highest BCUT2D eigenvalue weighted by molar-refractivity contribution is 7.13. The lowest BCUT2D eigenvalue weighted by atomic mass is 9.94. The average molecular weight is 316 g/mol. The largest absolute Gasteiger partial charge is 0.480 e. The van der Waals surface area contributed by atoms with Crippen molar-refractivity contribution in [2.24, 2.45) is 0 Å². The van der Waals surface area contributed by atoms with Crippen molar-refractivity contribution in [3.63, 3.8) is 0 Å². The number of carboxylic acids is 1. The molecule has 1 aliphatic rings. The number of aryl methyl sites for hydroxylation is 2. The first kappa shape index (κ1) is 14.7. The molecule has 1 aromatic carbocycles. The Morgan fingerprint density at radius 2 is 1.95 bits per heavy atom. The number of amides is 1. The average Bonchev–Trinajstić information content (AvgIpc) is 2.83. The van der Waals surface area contributed by atoms with Gasteiger partial charge < -0.3 is 10.0 Å². The van der Waals surface area contributed by atoms with E-state index in [1.165, 1.54) is 16.2 Å². The molecule has 2 heterocycles. The van der Waals surface area contributed by atoms with Crippen molar-refractivity contribution in [2.45, 2.75) is 32.9 Å². The summed E-state index contributed by atoms with van der Waals surface area (Å²) in [4.78, 5) is 30.6. The maximum absolute atomic E-state index is 12.8. The third kappa shape index (κ3) is 2.50. The Kier molecular flexibility index (Phi) is 3.70. The Labute approximate surface area is 132 Å². The van der Waals surface area contributed by atoms with Crippen LogP contribution in [0.25, 0.3) is 0 Å². The van der Waals surface area contributed by atoms with Crippen molar-refractivity contribution < 1.29 is 14.7 Å². The van der Waals surface area contributed by atoms with E-state index in [4.69, 9.17) is 0 Å². The monoisotopic (exact) mass is 316 g/mol. The van der Waals surface area contributed by atoms with Crippen molar-refractivity contribution >= 4 is 23.2 Å². The molecule has 0 spiro atoms. The zero-order valence-corrected chi connectivity index (χ0v) is 13.2. The number of hydrogen-bond acceptors (Lipinski definition) is 4. The minimum absolute atomic E-state index is 0.245. The summed E-state index contributed by atoms with van der Waals surface area (Å²) in [5.41, 5.74) is 2.67. The Bertz CT molecular complexity index is 754. The van der Waals surface area contributed by atoms with Crippen molar-refractivity contribution in [2.75, 3.05) is 0 Å². The molecular formula is C16H16N2O3S. The van der Waals surface area contributed by atoms with Crippen LogP contribution >= 0.6 is 11.3 Å². The Balaban J connectivity index is 1.99. The van der Waals surface area contributed by atoms with Crippen molar-refractivity contribution in [1.29, 1.82) is 0 Å². The Morgan fingerprint density at radius 3 is 2.55 bits per heavy atom. The fourth-order valence-electron chi connectivity index (χ4n) is 2.82. The van der Waals surface area contributed by atoms with Crippen LogP contribution in [0.15, 0.2) is 24.3 Å². The molecule has 3 rings (SSSR count). The number of carbonyl (C=O) groups is 2. The van der Waals surface area contributed by atoms with Crippen LogP contribution in [0.3, 0.4) is 0 Å². The van der Waals surface area contributed by atoms with Gasteiger partial charge in [0.2, 0.25) is 0 Å². The van der Waals surface area contributed by atoms with Crippen LogP contribution in [0.4, 0.5) is 0 Å². The summed E-state index contributed by atoms with van der Waals surface area (Å²) in [6.07, 6.45) is 0.341. The van der Waals surface area contributed by atoms with E-state index in [2.05, 4.69) is 4.98 Å². The zero-order valence-electron chi connectivity index (χ0n) is 12.4. The fourth-order valence-corrected chi connectivity index (χ4v) is 3.69. The molecule has 2 aromatic rings. The first-order chi connectivity index (χ1) is 10.5. The molecule has 114 valence electrons. The first-order valence-corrected chi connectivity index (χ1v) is 7.83. The third-order valence-corrected chi connectivity index (χ3v) is 4.95. The van der Waals surface area contributed by atoms with E-state index in [9.17, 15) is 14.7 Å². The van der Waals surface area contributed by atoms with Gasteiger partial charge in [-0.3, -0.25) is 4.79 Å². The lowest BCUT2D eigenvalue weighted by Gasteiger charge is -2.34. The lowest BCUT2D eigenvalue weighted by Crippen LogP contribution is -2.48. The smallest absolute Gasteiger partial charge is 0.326 e. The second-order valence-corrected chi connectivity index (χ2v) is 6.61. The number of nitrogens with zero attached hydrogens (tertiary/aromatic N) is 2. The van der Waals surface area contributed by atoms with Crippen LogP contribution in [0.1, 0.15) is 31.5 Å². The predicted octanol–water partition coefficient (Wildman–Crippen LogP) is 2.41. The van der Waals surface area contributed by atoms with Crippen molar-refractivity contribution in [3.8, 4) is 0 Å². The van der Waals surface area contributed by atoms with Gasteiger partial charge in [0.25, 0.3) is 5.91 Å². The van der Waals surface area contributed by atoms with Crippen LogP contribution in [-0.4, -0.2) is 32.9 Å². The minimum Gasteiger partial charge on any atom is -0.480 e. The van der Waals surface area contributed by atoms with E-state index in [1.54, 1.807) is 6.92 Å². The van der Waals surface area contributed by atoms with Gasteiger partial charge in [-0.05, 0) is 25.0 Å². The molecule has 0 aliphatic carbocycles. The highest BCUT2D eigenvalue weighted by Gasteiger charge is 2.36. The van der Waals surface area contributed by atoms with Gasteiger partial charge in [0.1, 0.15) is 10.9 Å². The van der Waals surface area contributed by atoms with Crippen LogP contribution in [-0.2, 0) is 17.8 Å². The number of thiazole rings is 1. The highest BCUT2D eigenvalue weighted by atomic mass is 32.1. The van der Waals surface area contributed by atoms with Crippen LogP contribution in [0, 0.1) is 13.8 Å². The third-order valence-electron chi connectivity index (χ3n) is 3.89. The molecule has 5 nitrogen and oxygen atoms in total. The van der Waals surface area contributed by atoms with Crippen LogP contribution < -0.4 is 0 Å². The van der Waals surface area contributed by atoms with Gasteiger partial charge in [0.05, 0.1) is 10.7 Å². The number of carboxylic acid groups (broad SMARTS) is 1. The number of benzene rings is 1. The van der Waals surface area contributed by atoms with Crippen LogP contribution in [0.2, 0.25) is 0 Å². The normalized spacial score (nSPS) is 17.2. The Morgan fingerprint density at radius 1 is 1.27 bits per heavy atom. The molecular weight excluding hydrogens is 300 g/mol. The molecule has 6 heteroatoms. The molecule has 1 aliphatic heterocycles. The molecule has 0 fully saturated rings. The molecule has 22 heavy (non-hydrogen) atoms. The molecule has 0 unspecified atom stereocenters. The molecule has 1 amide bonds. The molecule has 0 saturated carbocycles. The van der Waals surface area contributed by atoms with Crippen molar-refractivity contribution in [3.05, 3.63) is 51.0 Å². The number of aliphatic carboxylic acids is 1. The topological polar surface area (TPSA) is 70.5 Å². The standard InChI is InChI=1S/C16H16N2O3S/c1-9-14(22-10(2)17-9)15(19)18-8-12-6-4-3-5-11(12)7-13(18)16(20)21/h3-6,13H,7-8H2,1-2H3,(H,20,21)/t13-/m1/s1. The number of carbonyl (C=O) groups excluding carboxylic acids is 1. The molecule has 1 aromatic heterocycles. The van der Waals surface area contributed by atoms with Crippen LogP contribution in [0.5, 0.6) is 0 Å². The fraction of sp³-hybridized carbons (Fsp3) is 0.312. The molecule has 0 bridgehead atoms. The molecule has 1 N–H and O–H groups in total. The molecule has 1 atom stereocenters. The summed E-state index contributed by atoms with van der Waals surface area (Å²) < 4.78 is 0. The summed E-state index contributed by atoms with van der Waals surface area (Å²) in [5.74, 6) is -1.22. The number of hydrogen-bond donors (Lipinski definition) is 1. The van der Waals surface area contributed by atoms with E-state index in [1.807, 2.05) is 31.2 Å².